The van der Waals surface area contributed by atoms with Gasteiger partial charge in [0.15, 0.2) is 0 Å². The third-order valence-electron chi connectivity index (χ3n) is 6.72. The minimum absolute atomic E-state index is 0.0387. The monoisotopic (exact) mass is 524 g/mol. The molecule has 6 nitrogen and oxygen atoms in total. The fourth-order valence-corrected chi connectivity index (χ4v) is 5.75. The number of ether oxygens (including phenoxy) is 2. The fourth-order valence-electron chi connectivity index (χ4n) is 4.63. The van der Waals surface area contributed by atoms with Crippen molar-refractivity contribution < 1.29 is 19.1 Å². The van der Waals surface area contributed by atoms with E-state index in [9.17, 15) is 9.59 Å². The predicted octanol–water partition coefficient (Wildman–Crippen LogP) is 5.47. The van der Waals surface area contributed by atoms with Crippen LogP contribution in [0.4, 0.5) is 0 Å². The van der Waals surface area contributed by atoms with Gasteiger partial charge in [-0.2, -0.15) is 0 Å². The minimum atomic E-state index is -0.220. The molecule has 0 spiro atoms. The van der Waals surface area contributed by atoms with Gasteiger partial charge >= 0.3 is 0 Å². The van der Waals surface area contributed by atoms with E-state index < -0.39 is 0 Å². The smallest absolute Gasteiger partial charge is 0.254 e. The second-order valence-electron chi connectivity index (χ2n) is 9.28. The molecule has 2 aliphatic rings. The number of nitrogens with zero attached hydrogens (tertiary/aromatic N) is 2. The molecule has 8 heteroatoms. The number of amides is 2. The van der Waals surface area contributed by atoms with Crippen molar-refractivity contribution in [2.45, 2.75) is 25.3 Å². The molecule has 0 bridgehead atoms. The molecule has 3 aromatic rings. The van der Waals surface area contributed by atoms with E-state index in [2.05, 4.69) is 11.4 Å². The largest absolute Gasteiger partial charge is 0.497 e. The molecule has 1 atom stereocenters. The second kappa shape index (κ2) is 10.9. The molecule has 1 aromatic heterocycles. The Kier molecular flexibility index (Phi) is 7.48. The second-order valence-corrected chi connectivity index (χ2v) is 10.7. The van der Waals surface area contributed by atoms with Gasteiger partial charge < -0.3 is 19.3 Å². The van der Waals surface area contributed by atoms with Crippen LogP contribution in [0.5, 0.6) is 11.5 Å². The maximum absolute atomic E-state index is 13.7. The molecule has 0 saturated heterocycles. The zero-order chi connectivity index (χ0) is 25.1. The lowest BCUT2D eigenvalue weighted by Gasteiger charge is -2.37. The summed E-state index contributed by atoms with van der Waals surface area (Å²) in [5.41, 5.74) is 1.63. The lowest BCUT2D eigenvalue weighted by atomic mass is 10.0. The van der Waals surface area contributed by atoms with Crippen molar-refractivity contribution >= 4 is 34.8 Å². The number of hydrogen-bond acceptors (Lipinski definition) is 5. The number of halogens is 1. The number of hydrogen-bond donors (Lipinski definition) is 0. The molecular weight excluding hydrogens is 496 g/mol. The molecule has 2 aromatic carbocycles. The van der Waals surface area contributed by atoms with Crippen molar-refractivity contribution in [1.82, 2.24) is 9.80 Å². The molecule has 0 N–H and O–H groups in total. The van der Waals surface area contributed by atoms with Gasteiger partial charge in [0, 0.05) is 34.6 Å². The van der Waals surface area contributed by atoms with Crippen LogP contribution in [0.2, 0.25) is 5.02 Å². The molecule has 1 aliphatic heterocycles. The van der Waals surface area contributed by atoms with Gasteiger partial charge in [-0.3, -0.25) is 9.59 Å². The van der Waals surface area contributed by atoms with Crippen molar-refractivity contribution in [2.24, 2.45) is 5.92 Å². The lowest BCUT2D eigenvalue weighted by molar-refractivity contribution is -0.135. The summed E-state index contributed by atoms with van der Waals surface area (Å²) < 4.78 is 11.4. The third-order valence-corrected chi connectivity index (χ3v) is 7.96. The number of benzene rings is 2. The number of thiophene rings is 1. The number of carbonyl (C=O) groups excluding carboxylic acids is 2. The summed E-state index contributed by atoms with van der Waals surface area (Å²) in [5, 5.41) is 2.58. The quantitative estimate of drug-likeness (QED) is 0.372. The van der Waals surface area contributed by atoms with Gasteiger partial charge in [-0.15, -0.1) is 11.3 Å². The number of rotatable bonds is 9. The van der Waals surface area contributed by atoms with Crippen LogP contribution in [-0.4, -0.2) is 55.0 Å². The summed E-state index contributed by atoms with van der Waals surface area (Å²) in [5.74, 6) is 1.64. The van der Waals surface area contributed by atoms with Gasteiger partial charge in [0.2, 0.25) is 5.91 Å². The topological polar surface area (TPSA) is 59.1 Å². The van der Waals surface area contributed by atoms with E-state index in [1.165, 1.54) is 4.88 Å². The summed E-state index contributed by atoms with van der Waals surface area (Å²) >= 11 is 7.85. The van der Waals surface area contributed by atoms with Crippen LogP contribution in [0.25, 0.3) is 0 Å². The Morgan fingerprint density at radius 2 is 1.92 bits per heavy atom. The molecule has 0 unspecified atom stereocenters. The maximum Gasteiger partial charge on any atom is 0.254 e. The molecule has 36 heavy (non-hydrogen) atoms. The molecule has 188 valence electrons. The summed E-state index contributed by atoms with van der Waals surface area (Å²) in [6.45, 7) is 1.55. The van der Waals surface area contributed by atoms with Gasteiger partial charge in [-0.25, -0.2) is 0 Å². The number of carbonyl (C=O) groups is 2. The number of fused-ring (bicyclic) bond motifs is 1. The van der Waals surface area contributed by atoms with E-state index in [1.807, 2.05) is 29.2 Å². The standard InChI is InChI=1S/C28H29ClN2O4S/c1-34-22-6-3-7-23(15-22)35-18-25-24-11-13-36-26(24)10-12-31(25)27(32)17-30(16-19-8-9-19)28(33)20-4-2-5-21(29)14-20/h2-7,11,13-15,19,25H,8-10,12,16-18H2,1H3/t25-/m0/s1. The van der Waals surface area contributed by atoms with Crippen molar-refractivity contribution in [1.29, 1.82) is 0 Å². The van der Waals surface area contributed by atoms with E-state index in [0.717, 1.165) is 30.6 Å². The molecule has 2 heterocycles. The van der Waals surface area contributed by atoms with Gasteiger partial charge in [0.25, 0.3) is 5.91 Å². The molecule has 1 saturated carbocycles. The Balaban J connectivity index is 1.34. The van der Waals surface area contributed by atoms with Crippen LogP contribution in [0.3, 0.4) is 0 Å². The normalized spacial score (nSPS) is 16.8. The summed E-state index contributed by atoms with van der Waals surface area (Å²) in [7, 11) is 1.62. The van der Waals surface area contributed by atoms with Crippen LogP contribution in [0.1, 0.15) is 39.7 Å². The minimum Gasteiger partial charge on any atom is -0.497 e. The maximum atomic E-state index is 13.7. The summed E-state index contributed by atoms with van der Waals surface area (Å²) in [6.07, 6.45) is 2.98. The zero-order valence-electron chi connectivity index (χ0n) is 20.2. The van der Waals surface area contributed by atoms with Crippen molar-refractivity contribution in [3.05, 3.63) is 81.0 Å². The first-order chi connectivity index (χ1) is 17.5. The van der Waals surface area contributed by atoms with Crippen LogP contribution in [0.15, 0.2) is 60.0 Å². The first-order valence-corrected chi connectivity index (χ1v) is 13.4. The first kappa shape index (κ1) is 24.7. The van der Waals surface area contributed by atoms with E-state index in [1.54, 1.807) is 47.6 Å². The zero-order valence-corrected chi connectivity index (χ0v) is 21.8. The molecule has 2 amide bonds. The van der Waals surface area contributed by atoms with E-state index in [4.69, 9.17) is 21.1 Å². The van der Waals surface area contributed by atoms with Gasteiger partial charge in [-0.1, -0.05) is 23.7 Å². The highest BCUT2D eigenvalue weighted by atomic mass is 35.5. The van der Waals surface area contributed by atoms with Gasteiger partial charge in [0.1, 0.15) is 24.7 Å². The van der Waals surface area contributed by atoms with Gasteiger partial charge in [-0.05, 0) is 72.5 Å². The van der Waals surface area contributed by atoms with Gasteiger partial charge in [0.05, 0.1) is 13.2 Å². The molecule has 5 rings (SSSR count). The Labute approximate surface area is 220 Å². The molecule has 1 aliphatic carbocycles. The molecular formula is C28H29ClN2O4S. The highest BCUT2D eigenvalue weighted by molar-refractivity contribution is 7.10. The van der Waals surface area contributed by atoms with Crippen LogP contribution < -0.4 is 9.47 Å². The molecule has 1 fully saturated rings. The highest BCUT2D eigenvalue weighted by Gasteiger charge is 2.35. The van der Waals surface area contributed by atoms with Crippen molar-refractivity contribution in [3.8, 4) is 11.5 Å². The van der Waals surface area contributed by atoms with E-state index >= 15 is 0 Å². The van der Waals surface area contributed by atoms with Crippen LogP contribution >= 0.6 is 22.9 Å². The van der Waals surface area contributed by atoms with Crippen LogP contribution in [-0.2, 0) is 11.2 Å². The predicted molar refractivity (Wildman–Crippen MR) is 141 cm³/mol. The Bertz CT molecular complexity index is 1240. The molecule has 0 radical (unpaired) electrons. The average molecular weight is 525 g/mol. The van der Waals surface area contributed by atoms with E-state index in [-0.39, 0.29) is 24.4 Å². The summed E-state index contributed by atoms with van der Waals surface area (Å²) in [4.78, 5) is 31.9. The Hall–Kier alpha value is -3.03. The average Bonchev–Trinajstić information content (AvgIpc) is 3.58. The SMILES string of the molecule is COc1cccc(OC[C@H]2c3ccsc3CCN2C(=O)CN(CC2CC2)C(=O)c2cccc(Cl)c2)c1. The fraction of sp³-hybridized carbons (Fsp3) is 0.357. The summed E-state index contributed by atoms with van der Waals surface area (Å²) in [6, 6.07) is 16.3. The highest BCUT2D eigenvalue weighted by Crippen LogP contribution is 2.35. The lowest BCUT2D eigenvalue weighted by Crippen LogP contribution is -2.48. The first-order valence-electron chi connectivity index (χ1n) is 12.2. The van der Waals surface area contributed by atoms with E-state index in [0.29, 0.717) is 41.9 Å². The third kappa shape index (κ3) is 5.68. The number of methoxy groups -OCH3 is 1. The Morgan fingerprint density at radius 1 is 1.11 bits per heavy atom. The Morgan fingerprint density at radius 3 is 2.69 bits per heavy atom. The van der Waals surface area contributed by atoms with Crippen LogP contribution in [0, 0.1) is 5.92 Å². The van der Waals surface area contributed by atoms with Crippen molar-refractivity contribution in [2.75, 3.05) is 33.4 Å². The van der Waals surface area contributed by atoms with Crippen molar-refractivity contribution in [3.63, 3.8) is 0 Å².